The molecule has 0 saturated carbocycles. The summed E-state index contributed by atoms with van der Waals surface area (Å²) < 4.78 is 5.92. The number of amides is 1. The fraction of sp³-hybridized carbons (Fsp3) is 0.250. The topological polar surface area (TPSA) is 88.2 Å². The number of hydrogen-bond acceptors (Lipinski definition) is 3. The van der Waals surface area contributed by atoms with E-state index in [9.17, 15) is 4.79 Å². The van der Waals surface area contributed by atoms with Crippen molar-refractivity contribution >= 4 is 11.7 Å². The summed E-state index contributed by atoms with van der Waals surface area (Å²) in [5, 5.41) is 10.5. The van der Waals surface area contributed by atoms with Gasteiger partial charge in [-0.2, -0.15) is 0 Å². The molecule has 1 atom stereocenters. The first-order valence-electron chi connectivity index (χ1n) is 9.68. The number of carbonyl (C=O) groups excluding carboxylic acids is 1. The quantitative estimate of drug-likeness (QED) is 0.343. The van der Waals surface area contributed by atoms with E-state index in [0.717, 1.165) is 16.9 Å². The normalized spacial score (nSPS) is 17.4. The fourth-order valence-corrected chi connectivity index (χ4v) is 3.83. The van der Waals surface area contributed by atoms with Crippen molar-refractivity contribution in [3.8, 4) is 16.9 Å². The molecule has 5 nitrogen and oxygen atoms in total. The van der Waals surface area contributed by atoms with Crippen LogP contribution < -0.4 is 15.8 Å². The van der Waals surface area contributed by atoms with Crippen LogP contribution in [0.3, 0.4) is 0 Å². The molecule has 1 fully saturated rings. The number of nitrogens with two attached hydrogens (primary N) is 1. The van der Waals surface area contributed by atoms with E-state index in [1.807, 2.05) is 48.5 Å². The Labute approximate surface area is 171 Å². The van der Waals surface area contributed by atoms with Gasteiger partial charge in [0, 0.05) is 5.56 Å². The van der Waals surface area contributed by atoms with Gasteiger partial charge in [-0.25, -0.2) is 0 Å². The van der Waals surface area contributed by atoms with Crippen LogP contribution in [0.2, 0.25) is 0 Å². The van der Waals surface area contributed by atoms with E-state index in [1.54, 1.807) is 12.2 Å². The minimum absolute atomic E-state index is 0.0267. The van der Waals surface area contributed by atoms with Crippen molar-refractivity contribution < 1.29 is 9.53 Å². The van der Waals surface area contributed by atoms with Crippen molar-refractivity contribution in [2.24, 2.45) is 11.1 Å². The maximum Gasteiger partial charge on any atom is 0.227 e. The van der Waals surface area contributed by atoms with E-state index in [0.29, 0.717) is 31.4 Å². The molecular formula is C24H27N3O2. The molecule has 1 heterocycles. The largest absolute Gasteiger partial charge is 0.491 e. The van der Waals surface area contributed by atoms with E-state index in [1.165, 1.54) is 0 Å². The van der Waals surface area contributed by atoms with Crippen molar-refractivity contribution in [3.63, 3.8) is 0 Å². The second-order valence-corrected chi connectivity index (χ2v) is 7.47. The number of allylic oxidation sites excluding steroid dienone is 2. The number of amidine groups is 1. The number of rotatable bonds is 9. The van der Waals surface area contributed by atoms with Crippen LogP contribution in [-0.4, -0.2) is 24.4 Å². The third kappa shape index (κ3) is 4.57. The summed E-state index contributed by atoms with van der Waals surface area (Å²) in [6.45, 7) is 8.00. The molecule has 150 valence electrons. The van der Waals surface area contributed by atoms with E-state index in [-0.39, 0.29) is 17.8 Å². The average molecular weight is 389 g/mol. The van der Waals surface area contributed by atoms with Gasteiger partial charge in [0.1, 0.15) is 18.2 Å². The smallest absolute Gasteiger partial charge is 0.227 e. The average Bonchev–Trinajstić information content (AvgIpc) is 3.02. The van der Waals surface area contributed by atoms with Crippen LogP contribution in [0.15, 0.2) is 73.8 Å². The number of hydrogen-bond donors (Lipinski definition) is 3. The van der Waals surface area contributed by atoms with Crippen LogP contribution >= 0.6 is 0 Å². The van der Waals surface area contributed by atoms with Gasteiger partial charge in [-0.1, -0.05) is 48.6 Å². The third-order valence-electron chi connectivity index (χ3n) is 5.36. The lowest BCUT2D eigenvalue weighted by atomic mass is 9.78. The molecule has 0 aromatic heterocycles. The molecule has 0 aliphatic carbocycles. The molecule has 5 heteroatoms. The maximum absolute atomic E-state index is 12.5. The van der Waals surface area contributed by atoms with E-state index in [2.05, 4.69) is 18.5 Å². The summed E-state index contributed by atoms with van der Waals surface area (Å²) in [4.78, 5) is 12.5. The van der Waals surface area contributed by atoms with Crippen LogP contribution in [0.1, 0.15) is 24.8 Å². The molecule has 0 radical (unpaired) electrons. The summed E-state index contributed by atoms with van der Waals surface area (Å²) in [5.74, 6) is 0.869. The standard InChI is InChI=1S/C24H27N3O2/c1-3-13-24(14-4-2)15-20(27-23(24)28)16-29-21-11-9-18(10-12-21)17-5-7-19(8-6-17)22(25)26/h3-12,20H,1-2,13-16H2,(H3,25,26)(H,27,28)/t20-/m0/s1. The van der Waals surface area contributed by atoms with Gasteiger partial charge >= 0.3 is 0 Å². The number of carbonyl (C=O) groups is 1. The second-order valence-electron chi connectivity index (χ2n) is 7.47. The number of nitrogen functional groups attached to an aromatic ring is 1. The highest BCUT2D eigenvalue weighted by Crippen LogP contribution is 2.38. The van der Waals surface area contributed by atoms with Gasteiger partial charge in [-0.15, -0.1) is 13.2 Å². The summed E-state index contributed by atoms with van der Waals surface area (Å²) in [7, 11) is 0. The Morgan fingerprint density at radius 3 is 2.17 bits per heavy atom. The van der Waals surface area contributed by atoms with Crippen LogP contribution in [-0.2, 0) is 4.79 Å². The van der Waals surface area contributed by atoms with Gasteiger partial charge in [0.05, 0.1) is 11.5 Å². The molecule has 1 saturated heterocycles. The van der Waals surface area contributed by atoms with Crippen molar-refractivity contribution in [2.45, 2.75) is 25.3 Å². The molecule has 1 amide bonds. The predicted octanol–water partition coefficient (Wildman–Crippen LogP) is 4.04. The van der Waals surface area contributed by atoms with Gasteiger partial charge in [0.15, 0.2) is 0 Å². The molecule has 2 aromatic carbocycles. The summed E-state index contributed by atoms with van der Waals surface area (Å²) >= 11 is 0. The highest BCUT2D eigenvalue weighted by molar-refractivity contribution is 5.95. The first-order chi connectivity index (χ1) is 14.0. The lowest BCUT2D eigenvalue weighted by Crippen LogP contribution is -2.33. The molecule has 2 aromatic rings. The molecule has 0 bridgehead atoms. The van der Waals surface area contributed by atoms with Gasteiger partial charge in [0.2, 0.25) is 5.91 Å². The van der Waals surface area contributed by atoms with Crippen LogP contribution in [0.25, 0.3) is 11.1 Å². The zero-order valence-electron chi connectivity index (χ0n) is 16.5. The van der Waals surface area contributed by atoms with Crippen molar-refractivity contribution in [1.29, 1.82) is 5.41 Å². The Morgan fingerprint density at radius 2 is 1.66 bits per heavy atom. The fourth-order valence-electron chi connectivity index (χ4n) is 3.83. The molecule has 0 unspecified atom stereocenters. The molecule has 1 aliphatic rings. The van der Waals surface area contributed by atoms with Gasteiger partial charge in [-0.3, -0.25) is 10.2 Å². The Morgan fingerprint density at radius 1 is 1.10 bits per heavy atom. The minimum atomic E-state index is -0.451. The second kappa shape index (κ2) is 8.78. The first-order valence-corrected chi connectivity index (χ1v) is 9.68. The van der Waals surface area contributed by atoms with E-state index >= 15 is 0 Å². The molecule has 4 N–H and O–H groups in total. The van der Waals surface area contributed by atoms with E-state index < -0.39 is 5.41 Å². The predicted molar refractivity (Wildman–Crippen MR) is 117 cm³/mol. The van der Waals surface area contributed by atoms with Crippen LogP contribution in [0.5, 0.6) is 5.75 Å². The zero-order valence-corrected chi connectivity index (χ0v) is 16.5. The first kappa shape index (κ1) is 20.4. The van der Waals surface area contributed by atoms with Crippen LogP contribution in [0, 0.1) is 10.8 Å². The van der Waals surface area contributed by atoms with Crippen molar-refractivity contribution in [1.82, 2.24) is 5.32 Å². The van der Waals surface area contributed by atoms with Crippen molar-refractivity contribution in [2.75, 3.05) is 6.61 Å². The Balaban J connectivity index is 1.60. The Bertz CT molecular complexity index is 891. The minimum Gasteiger partial charge on any atom is -0.491 e. The highest BCUT2D eigenvalue weighted by atomic mass is 16.5. The summed E-state index contributed by atoms with van der Waals surface area (Å²) in [5.41, 5.74) is 7.85. The number of benzene rings is 2. The van der Waals surface area contributed by atoms with Crippen LogP contribution in [0.4, 0.5) is 0 Å². The molecule has 29 heavy (non-hydrogen) atoms. The molecule has 1 aliphatic heterocycles. The van der Waals surface area contributed by atoms with Gasteiger partial charge in [-0.05, 0) is 42.5 Å². The number of nitrogens with one attached hydrogen (secondary N) is 2. The highest BCUT2D eigenvalue weighted by Gasteiger charge is 2.44. The maximum atomic E-state index is 12.5. The molecule has 3 rings (SSSR count). The van der Waals surface area contributed by atoms with Crippen molar-refractivity contribution in [3.05, 3.63) is 79.4 Å². The number of ether oxygens (including phenoxy) is 1. The Kier molecular flexibility index (Phi) is 6.17. The summed E-state index contributed by atoms with van der Waals surface area (Å²) in [6.07, 6.45) is 5.59. The lowest BCUT2D eigenvalue weighted by molar-refractivity contribution is -0.127. The SMILES string of the molecule is C=CCC1(CC=C)C[C@@H](COc2ccc(-c3ccc(C(=N)N)cc3)cc2)NC1=O. The Hall–Kier alpha value is -3.34. The summed E-state index contributed by atoms with van der Waals surface area (Å²) in [6, 6.07) is 15.4. The van der Waals surface area contributed by atoms with E-state index in [4.69, 9.17) is 15.9 Å². The molecular weight excluding hydrogens is 362 g/mol. The zero-order chi connectivity index (χ0) is 20.9. The molecule has 0 spiro atoms. The van der Waals surface area contributed by atoms with Gasteiger partial charge in [0.25, 0.3) is 0 Å². The lowest BCUT2D eigenvalue weighted by Gasteiger charge is -2.22. The van der Waals surface area contributed by atoms with Gasteiger partial charge < -0.3 is 15.8 Å². The third-order valence-corrected chi connectivity index (χ3v) is 5.36. The monoisotopic (exact) mass is 389 g/mol.